The molecule has 0 saturated heterocycles. The third-order valence-corrected chi connectivity index (χ3v) is 4.31. The van der Waals surface area contributed by atoms with E-state index in [1.54, 1.807) is 0 Å². The third kappa shape index (κ3) is 6.52. The van der Waals surface area contributed by atoms with E-state index in [0.29, 0.717) is 12.0 Å². The highest BCUT2D eigenvalue weighted by atomic mass is 127. The van der Waals surface area contributed by atoms with Crippen LogP contribution < -0.4 is 11.1 Å². The molecule has 1 unspecified atom stereocenters. The molecule has 0 bridgehead atoms. The van der Waals surface area contributed by atoms with E-state index < -0.39 is 0 Å². The summed E-state index contributed by atoms with van der Waals surface area (Å²) in [7, 11) is 4.20. The zero-order valence-corrected chi connectivity index (χ0v) is 16.0. The van der Waals surface area contributed by atoms with Gasteiger partial charge in [-0.25, -0.2) is 0 Å². The summed E-state index contributed by atoms with van der Waals surface area (Å²) in [6.45, 7) is 1.70. The Morgan fingerprint density at radius 2 is 2.00 bits per heavy atom. The molecular formula is C17H29IN4. The van der Waals surface area contributed by atoms with Crippen LogP contribution in [0.4, 0.5) is 0 Å². The molecule has 2 rings (SSSR count). The smallest absolute Gasteiger partial charge is 0.188 e. The van der Waals surface area contributed by atoms with E-state index in [9.17, 15) is 0 Å². The van der Waals surface area contributed by atoms with Gasteiger partial charge in [-0.05, 0) is 44.8 Å². The topological polar surface area (TPSA) is 53.6 Å². The molecule has 4 nitrogen and oxygen atoms in total. The molecule has 0 aromatic heterocycles. The Hall–Kier alpha value is -0.820. The van der Waals surface area contributed by atoms with Crippen molar-refractivity contribution in [1.29, 1.82) is 0 Å². The maximum Gasteiger partial charge on any atom is 0.188 e. The van der Waals surface area contributed by atoms with Crippen LogP contribution in [0.1, 0.15) is 24.8 Å². The lowest BCUT2D eigenvalue weighted by molar-refractivity contribution is 0.297. The number of hydrogen-bond donors (Lipinski definition) is 2. The Labute approximate surface area is 151 Å². The van der Waals surface area contributed by atoms with Crippen molar-refractivity contribution in [1.82, 2.24) is 10.2 Å². The normalized spacial score (nSPS) is 16.8. The molecule has 1 aromatic rings. The number of rotatable bonds is 7. The van der Waals surface area contributed by atoms with Crippen LogP contribution in [0.15, 0.2) is 35.3 Å². The molecule has 0 spiro atoms. The maximum absolute atomic E-state index is 5.96. The molecule has 124 valence electrons. The van der Waals surface area contributed by atoms with Crippen LogP contribution in [0.3, 0.4) is 0 Å². The van der Waals surface area contributed by atoms with E-state index >= 15 is 0 Å². The summed E-state index contributed by atoms with van der Waals surface area (Å²) < 4.78 is 0. The van der Waals surface area contributed by atoms with Gasteiger partial charge >= 0.3 is 0 Å². The van der Waals surface area contributed by atoms with Gasteiger partial charge in [0.05, 0.1) is 6.54 Å². The summed E-state index contributed by atoms with van der Waals surface area (Å²) in [5, 5.41) is 3.25. The Kier molecular flexibility index (Phi) is 8.78. The second-order valence-electron chi connectivity index (χ2n) is 6.21. The molecule has 1 atom stereocenters. The van der Waals surface area contributed by atoms with Crippen LogP contribution in [0.2, 0.25) is 0 Å². The predicted molar refractivity (Wildman–Crippen MR) is 105 cm³/mol. The minimum atomic E-state index is 0. The van der Waals surface area contributed by atoms with Gasteiger partial charge in [0, 0.05) is 12.6 Å². The molecule has 0 heterocycles. The van der Waals surface area contributed by atoms with Crippen molar-refractivity contribution in [2.24, 2.45) is 16.6 Å². The van der Waals surface area contributed by atoms with E-state index in [0.717, 1.165) is 25.4 Å². The molecule has 5 heteroatoms. The third-order valence-electron chi connectivity index (χ3n) is 4.31. The number of guanidine groups is 1. The number of aliphatic imine (C=N–C) groups is 1. The van der Waals surface area contributed by atoms with E-state index in [1.165, 1.54) is 24.8 Å². The van der Waals surface area contributed by atoms with Gasteiger partial charge in [-0.3, -0.25) is 4.99 Å². The molecule has 0 amide bonds. The van der Waals surface area contributed by atoms with E-state index in [-0.39, 0.29) is 24.0 Å². The van der Waals surface area contributed by atoms with Crippen LogP contribution in [0.5, 0.6) is 0 Å². The second-order valence-corrected chi connectivity index (χ2v) is 6.21. The van der Waals surface area contributed by atoms with Gasteiger partial charge in [0.25, 0.3) is 0 Å². The average Bonchev–Trinajstić information content (AvgIpc) is 2.42. The van der Waals surface area contributed by atoms with Crippen LogP contribution >= 0.6 is 24.0 Å². The first-order valence-corrected chi connectivity index (χ1v) is 7.89. The average molecular weight is 416 g/mol. The molecular weight excluding hydrogens is 387 g/mol. The quantitative estimate of drug-likeness (QED) is 0.408. The summed E-state index contributed by atoms with van der Waals surface area (Å²) in [5.74, 6) is 1.38. The number of nitrogens with two attached hydrogens (primary N) is 1. The lowest BCUT2D eigenvalue weighted by atomic mass is 9.85. The Bertz CT molecular complexity index is 443. The number of nitrogens with one attached hydrogen (secondary N) is 1. The van der Waals surface area contributed by atoms with Crippen molar-refractivity contribution < 1.29 is 0 Å². The summed E-state index contributed by atoms with van der Waals surface area (Å²) >= 11 is 0. The minimum Gasteiger partial charge on any atom is -0.370 e. The highest BCUT2D eigenvalue weighted by molar-refractivity contribution is 14.0. The van der Waals surface area contributed by atoms with Gasteiger partial charge in [-0.2, -0.15) is 0 Å². The van der Waals surface area contributed by atoms with Gasteiger partial charge in [-0.15, -0.1) is 24.0 Å². The van der Waals surface area contributed by atoms with Gasteiger partial charge in [-0.1, -0.05) is 36.8 Å². The number of benzene rings is 1. The molecule has 1 aliphatic carbocycles. The van der Waals surface area contributed by atoms with Crippen LogP contribution in [-0.2, 0) is 6.42 Å². The monoisotopic (exact) mass is 416 g/mol. The van der Waals surface area contributed by atoms with E-state index in [1.807, 2.05) is 0 Å². The van der Waals surface area contributed by atoms with Crippen molar-refractivity contribution >= 4 is 29.9 Å². The van der Waals surface area contributed by atoms with E-state index in [4.69, 9.17) is 5.73 Å². The fraction of sp³-hybridized carbons (Fsp3) is 0.588. The fourth-order valence-electron chi connectivity index (χ4n) is 2.50. The Morgan fingerprint density at radius 3 is 2.55 bits per heavy atom. The van der Waals surface area contributed by atoms with Crippen LogP contribution in [0, 0.1) is 5.92 Å². The molecule has 0 aliphatic heterocycles. The molecule has 0 radical (unpaired) electrons. The summed E-state index contributed by atoms with van der Waals surface area (Å²) in [4.78, 5) is 6.73. The zero-order valence-electron chi connectivity index (χ0n) is 13.7. The van der Waals surface area contributed by atoms with Crippen molar-refractivity contribution in [3.63, 3.8) is 0 Å². The first kappa shape index (κ1) is 19.2. The lowest BCUT2D eigenvalue weighted by Crippen LogP contribution is -2.39. The Morgan fingerprint density at radius 1 is 1.32 bits per heavy atom. The molecule has 1 aromatic carbocycles. The fourth-order valence-corrected chi connectivity index (χ4v) is 2.50. The lowest BCUT2D eigenvalue weighted by Gasteiger charge is -2.26. The summed E-state index contributed by atoms with van der Waals surface area (Å²) in [5.41, 5.74) is 7.30. The van der Waals surface area contributed by atoms with Crippen LogP contribution in [0.25, 0.3) is 0 Å². The standard InChI is InChI=1S/C17H28N4.HI/c1-21(2)16(11-14-7-4-3-5-8-14)13-20-17(18)19-12-15-9-6-10-15;/h3-5,7-8,15-16H,6,9-13H2,1-2H3,(H3,18,19,20);1H. The SMILES string of the molecule is CN(C)C(CN=C(N)NCC1CCC1)Cc1ccccc1.I. The Balaban J connectivity index is 0.00000242. The van der Waals surface area contributed by atoms with Gasteiger partial charge in [0.1, 0.15) is 0 Å². The van der Waals surface area contributed by atoms with E-state index in [2.05, 4.69) is 59.6 Å². The number of likely N-dealkylation sites (N-methyl/N-ethyl adjacent to an activating group) is 1. The van der Waals surface area contributed by atoms with Gasteiger partial charge < -0.3 is 16.0 Å². The number of halogens is 1. The maximum atomic E-state index is 5.96. The van der Waals surface area contributed by atoms with Gasteiger partial charge in [0.15, 0.2) is 5.96 Å². The molecule has 3 N–H and O–H groups in total. The largest absolute Gasteiger partial charge is 0.370 e. The van der Waals surface area contributed by atoms with Crippen LogP contribution in [-0.4, -0.2) is 44.1 Å². The molecule has 1 saturated carbocycles. The number of nitrogens with zero attached hydrogens (tertiary/aromatic N) is 2. The van der Waals surface area contributed by atoms with Crippen molar-refractivity contribution in [3.8, 4) is 0 Å². The molecule has 1 fully saturated rings. The zero-order chi connectivity index (χ0) is 15.1. The van der Waals surface area contributed by atoms with Crippen molar-refractivity contribution in [2.75, 3.05) is 27.2 Å². The molecule has 22 heavy (non-hydrogen) atoms. The second kappa shape index (κ2) is 10.0. The van der Waals surface area contributed by atoms with Gasteiger partial charge in [0.2, 0.25) is 0 Å². The highest BCUT2D eigenvalue weighted by Gasteiger charge is 2.17. The number of hydrogen-bond acceptors (Lipinski definition) is 2. The minimum absolute atomic E-state index is 0. The highest BCUT2D eigenvalue weighted by Crippen LogP contribution is 2.24. The first-order chi connectivity index (χ1) is 10.1. The predicted octanol–water partition coefficient (Wildman–Crippen LogP) is 2.48. The first-order valence-electron chi connectivity index (χ1n) is 7.89. The summed E-state index contributed by atoms with van der Waals surface area (Å²) in [6, 6.07) is 10.9. The van der Waals surface area contributed by atoms with Crippen molar-refractivity contribution in [3.05, 3.63) is 35.9 Å². The molecule has 1 aliphatic rings. The van der Waals surface area contributed by atoms with Crippen molar-refractivity contribution in [2.45, 2.75) is 31.7 Å². The summed E-state index contributed by atoms with van der Waals surface area (Å²) in [6.07, 6.45) is 5.01.